The summed E-state index contributed by atoms with van der Waals surface area (Å²) < 4.78 is 16.9. The van der Waals surface area contributed by atoms with Crippen molar-refractivity contribution >= 4 is 51.4 Å². The minimum atomic E-state index is 0.201. The zero-order valence-corrected chi connectivity index (χ0v) is 20.1. The van der Waals surface area contributed by atoms with Crippen LogP contribution in [0.25, 0.3) is 0 Å². The smallest absolute Gasteiger partial charge is 0.250 e. The molecular weight excluding hydrogens is 514 g/mol. The number of fused-ring (bicyclic) bond motifs is 1. The van der Waals surface area contributed by atoms with Gasteiger partial charge < -0.3 is 24.8 Å². The highest BCUT2D eigenvalue weighted by molar-refractivity contribution is 9.10. The van der Waals surface area contributed by atoms with Gasteiger partial charge in [-0.1, -0.05) is 18.2 Å². The predicted molar refractivity (Wildman–Crippen MR) is 137 cm³/mol. The van der Waals surface area contributed by atoms with Gasteiger partial charge in [0.05, 0.1) is 13.3 Å². The molecule has 5 rings (SSSR count). The number of methoxy groups -OCH3 is 1. The van der Waals surface area contributed by atoms with Crippen LogP contribution in [-0.2, 0) is 0 Å². The Hall–Kier alpha value is -4.38. The van der Waals surface area contributed by atoms with E-state index in [9.17, 15) is 0 Å². The van der Waals surface area contributed by atoms with Gasteiger partial charge in [-0.2, -0.15) is 20.1 Å². The monoisotopic (exact) mass is 533 g/mol. The fourth-order valence-corrected chi connectivity index (χ4v) is 3.61. The zero-order valence-electron chi connectivity index (χ0n) is 18.5. The van der Waals surface area contributed by atoms with Crippen LogP contribution in [0, 0.1) is 0 Å². The molecule has 10 nitrogen and oxygen atoms in total. The van der Waals surface area contributed by atoms with Crippen LogP contribution in [0.2, 0.25) is 0 Å². The summed E-state index contributed by atoms with van der Waals surface area (Å²) in [5, 5.41) is 10.7. The van der Waals surface area contributed by atoms with Crippen LogP contribution in [0.4, 0.5) is 29.2 Å². The number of anilines is 5. The standard InChI is InChI=1S/C24H20BrN7O3/c1-33-18-9-7-17(8-10-18)28-23-29-22(27-16-5-3-2-4-6-16)30-24(31-23)32-26-13-15-11-20-21(12-19(15)25)35-14-34-20/h2-13H,14H2,1H3,(H3,27,28,29,30,31,32)/b26-13+. The SMILES string of the molecule is COc1ccc(Nc2nc(N/N=C/c3cc4c(cc3Br)OCO4)nc(Nc3ccccc3)n2)cc1. The number of hydrogen-bond donors (Lipinski definition) is 3. The molecule has 1 aliphatic heterocycles. The van der Waals surface area contributed by atoms with Gasteiger partial charge in [-0.15, -0.1) is 0 Å². The molecular formula is C24H20BrN7O3. The minimum absolute atomic E-state index is 0.201. The summed E-state index contributed by atoms with van der Waals surface area (Å²) in [6, 6.07) is 20.7. The molecule has 3 N–H and O–H groups in total. The molecule has 0 unspecified atom stereocenters. The summed E-state index contributed by atoms with van der Waals surface area (Å²) in [4.78, 5) is 13.4. The fourth-order valence-electron chi connectivity index (χ4n) is 3.18. The van der Waals surface area contributed by atoms with Crippen molar-refractivity contribution in [2.75, 3.05) is 30.0 Å². The van der Waals surface area contributed by atoms with E-state index in [1.54, 1.807) is 13.3 Å². The van der Waals surface area contributed by atoms with Gasteiger partial charge >= 0.3 is 0 Å². The van der Waals surface area contributed by atoms with Crippen LogP contribution in [0.3, 0.4) is 0 Å². The first kappa shape index (κ1) is 22.4. The van der Waals surface area contributed by atoms with Crippen molar-refractivity contribution in [2.45, 2.75) is 0 Å². The predicted octanol–water partition coefficient (Wildman–Crippen LogP) is 5.30. The Kier molecular flexibility index (Phi) is 6.57. The molecule has 0 spiro atoms. The van der Waals surface area contributed by atoms with Gasteiger partial charge in [-0.05, 0) is 64.5 Å². The first-order valence-corrected chi connectivity index (χ1v) is 11.3. The molecule has 0 saturated heterocycles. The summed E-state index contributed by atoms with van der Waals surface area (Å²) in [5.41, 5.74) is 5.31. The van der Waals surface area contributed by atoms with Crippen molar-refractivity contribution in [3.8, 4) is 17.2 Å². The summed E-state index contributed by atoms with van der Waals surface area (Å²) >= 11 is 3.52. The summed E-state index contributed by atoms with van der Waals surface area (Å²) in [6.07, 6.45) is 1.64. The molecule has 11 heteroatoms. The van der Waals surface area contributed by atoms with Crippen molar-refractivity contribution in [3.63, 3.8) is 0 Å². The van der Waals surface area contributed by atoms with Crippen molar-refractivity contribution in [1.29, 1.82) is 0 Å². The molecule has 0 radical (unpaired) electrons. The van der Waals surface area contributed by atoms with Crippen LogP contribution >= 0.6 is 15.9 Å². The zero-order chi connectivity index (χ0) is 24.0. The molecule has 0 atom stereocenters. The maximum Gasteiger partial charge on any atom is 0.250 e. The molecule has 3 aromatic carbocycles. The van der Waals surface area contributed by atoms with Gasteiger partial charge in [0, 0.05) is 21.4 Å². The number of nitrogens with one attached hydrogen (secondary N) is 3. The van der Waals surface area contributed by atoms with Crippen LogP contribution < -0.4 is 30.3 Å². The van der Waals surface area contributed by atoms with Gasteiger partial charge in [-0.25, -0.2) is 5.43 Å². The van der Waals surface area contributed by atoms with Crippen LogP contribution in [0.1, 0.15) is 5.56 Å². The molecule has 1 aromatic heterocycles. The Morgan fingerprint density at radius 3 is 2.17 bits per heavy atom. The summed E-state index contributed by atoms with van der Waals surface area (Å²) in [6.45, 7) is 0.201. The first-order chi connectivity index (χ1) is 17.2. The second kappa shape index (κ2) is 10.3. The molecule has 4 aromatic rings. The molecule has 0 aliphatic carbocycles. The number of hydrogen-bond acceptors (Lipinski definition) is 10. The van der Waals surface area contributed by atoms with E-state index in [1.807, 2.05) is 66.7 Å². The van der Waals surface area contributed by atoms with Gasteiger partial charge in [0.15, 0.2) is 11.5 Å². The largest absolute Gasteiger partial charge is 0.497 e. The highest BCUT2D eigenvalue weighted by atomic mass is 79.9. The highest BCUT2D eigenvalue weighted by Crippen LogP contribution is 2.36. The average molecular weight is 534 g/mol. The maximum absolute atomic E-state index is 5.44. The molecule has 1 aliphatic rings. The molecule has 0 amide bonds. The van der Waals surface area contributed by atoms with Crippen LogP contribution in [0.15, 0.2) is 76.3 Å². The number of nitrogens with zero attached hydrogens (tertiary/aromatic N) is 4. The Morgan fingerprint density at radius 2 is 1.49 bits per heavy atom. The lowest BCUT2D eigenvalue weighted by atomic mass is 10.2. The molecule has 2 heterocycles. The van der Waals surface area contributed by atoms with Gasteiger partial charge in [0.25, 0.3) is 0 Å². The number of hydrazone groups is 1. The Bertz CT molecular complexity index is 1350. The van der Waals surface area contributed by atoms with E-state index in [4.69, 9.17) is 14.2 Å². The Morgan fingerprint density at radius 1 is 0.857 bits per heavy atom. The van der Waals surface area contributed by atoms with E-state index in [0.717, 1.165) is 27.2 Å². The Labute approximate surface area is 209 Å². The van der Waals surface area contributed by atoms with E-state index in [-0.39, 0.29) is 12.7 Å². The summed E-state index contributed by atoms with van der Waals surface area (Å²) in [5.74, 6) is 3.04. The number of benzene rings is 3. The van der Waals surface area contributed by atoms with Crippen molar-refractivity contribution in [2.24, 2.45) is 5.10 Å². The maximum atomic E-state index is 5.44. The van der Waals surface area contributed by atoms with Crippen molar-refractivity contribution in [3.05, 3.63) is 76.8 Å². The molecule has 0 fully saturated rings. The number of halogens is 1. The second-order valence-corrected chi connectivity index (χ2v) is 8.10. The topological polar surface area (TPSA) is 115 Å². The van der Waals surface area contributed by atoms with E-state index in [2.05, 4.69) is 52.0 Å². The molecule has 35 heavy (non-hydrogen) atoms. The van der Waals surface area contributed by atoms with Gasteiger partial charge in [0.2, 0.25) is 24.6 Å². The van der Waals surface area contributed by atoms with Crippen molar-refractivity contribution in [1.82, 2.24) is 15.0 Å². The average Bonchev–Trinajstić information content (AvgIpc) is 3.32. The highest BCUT2D eigenvalue weighted by Gasteiger charge is 2.15. The number of ether oxygens (including phenoxy) is 3. The number of aromatic nitrogens is 3. The van der Waals surface area contributed by atoms with E-state index in [1.165, 1.54) is 0 Å². The minimum Gasteiger partial charge on any atom is -0.497 e. The lowest BCUT2D eigenvalue weighted by molar-refractivity contribution is 0.174. The number of rotatable bonds is 8. The quantitative estimate of drug-likeness (QED) is 0.205. The molecule has 0 bridgehead atoms. The number of para-hydroxylation sites is 1. The lowest BCUT2D eigenvalue weighted by Gasteiger charge is -2.10. The van der Waals surface area contributed by atoms with Crippen LogP contribution in [-0.4, -0.2) is 35.1 Å². The van der Waals surface area contributed by atoms with E-state index in [0.29, 0.717) is 23.4 Å². The van der Waals surface area contributed by atoms with Gasteiger partial charge in [0.1, 0.15) is 5.75 Å². The van der Waals surface area contributed by atoms with E-state index >= 15 is 0 Å². The van der Waals surface area contributed by atoms with Crippen LogP contribution in [0.5, 0.6) is 17.2 Å². The molecule has 0 saturated carbocycles. The first-order valence-electron chi connectivity index (χ1n) is 10.5. The third-order valence-electron chi connectivity index (χ3n) is 4.87. The molecule has 176 valence electrons. The lowest BCUT2D eigenvalue weighted by Crippen LogP contribution is -2.07. The second-order valence-electron chi connectivity index (χ2n) is 7.25. The van der Waals surface area contributed by atoms with Crippen molar-refractivity contribution < 1.29 is 14.2 Å². The third-order valence-corrected chi connectivity index (χ3v) is 5.56. The third kappa shape index (κ3) is 5.58. The summed E-state index contributed by atoms with van der Waals surface area (Å²) in [7, 11) is 1.62. The van der Waals surface area contributed by atoms with Gasteiger partial charge in [-0.3, -0.25) is 0 Å². The normalized spacial score (nSPS) is 11.9. The van der Waals surface area contributed by atoms with E-state index < -0.39 is 0 Å². The fraction of sp³-hybridized carbons (Fsp3) is 0.0833. The Balaban J connectivity index is 1.38.